The molecular weight excluding hydrogens is 397 g/mol. The minimum Gasteiger partial charge on any atom is -0.441 e. The highest BCUT2D eigenvalue weighted by Crippen LogP contribution is 2.28. The number of nitrogens with one attached hydrogen (secondary N) is 1. The van der Waals surface area contributed by atoms with Crippen molar-refractivity contribution >= 4 is 42.3 Å². The Balaban J connectivity index is 0.00000312. The topological polar surface area (TPSA) is 81.1 Å². The van der Waals surface area contributed by atoms with E-state index in [2.05, 4.69) is 10.3 Å². The van der Waals surface area contributed by atoms with Gasteiger partial charge < -0.3 is 15.5 Å². The Morgan fingerprint density at radius 1 is 1.27 bits per heavy atom. The first-order valence-electron chi connectivity index (χ1n) is 8.22. The summed E-state index contributed by atoms with van der Waals surface area (Å²) in [4.78, 5) is 16.2. The van der Waals surface area contributed by atoms with Crippen molar-refractivity contribution in [3.05, 3.63) is 41.4 Å². The number of hydrogen-bond acceptors (Lipinski definition) is 4. The van der Waals surface area contributed by atoms with Crippen LogP contribution in [0.3, 0.4) is 0 Å². The lowest BCUT2D eigenvalue weighted by atomic mass is 9.94. The molecule has 1 heterocycles. The van der Waals surface area contributed by atoms with Crippen molar-refractivity contribution in [2.75, 3.05) is 6.54 Å². The van der Waals surface area contributed by atoms with E-state index < -0.39 is 0 Å². The van der Waals surface area contributed by atoms with E-state index in [-0.39, 0.29) is 36.3 Å². The minimum absolute atomic E-state index is 0. The molecule has 26 heavy (non-hydrogen) atoms. The van der Waals surface area contributed by atoms with Crippen molar-refractivity contribution in [3.63, 3.8) is 0 Å². The fourth-order valence-corrected chi connectivity index (χ4v) is 2.52. The van der Waals surface area contributed by atoms with Gasteiger partial charge in [-0.3, -0.25) is 4.79 Å². The van der Waals surface area contributed by atoms with Gasteiger partial charge in [-0.05, 0) is 25.0 Å². The highest BCUT2D eigenvalue weighted by atomic mass is 35.5. The number of carbonyl (C=O) groups excluding carboxylic acids is 1. The van der Waals surface area contributed by atoms with E-state index in [0.717, 1.165) is 18.4 Å². The van der Waals surface area contributed by atoms with Gasteiger partial charge in [-0.2, -0.15) is 0 Å². The molecule has 0 aliphatic rings. The van der Waals surface area contributed by atoms with Crippen molar-refractivity contribution in [2.45, 2.75) is 45.1 Å². The van der Waals surface area contributed by atoms with Crippen LogP contribution in [0.1, 0.15) is 39.0 Å². The highest BCUT2D eigenvalue weighted by Gasteiger charge is 2.21. The van der Waals surface area contributed by atoms with Gasteiger partial charge in [-0.15, -0.1) is 24.8 Å². The van der Waals surface area contributed by atoms with E-state index >= 15 is 0 Å². The molecule has 146 valence electrons. The third-order valence-electron chi connectivity index (χ3n) is 4.30. The summed E-state index contributed by atoms with van der Waals surface area (Å²) in [7, 11) is 0. The van der Waals surface area contributed by atoms with Crippen LogP contribution in [0.15, 0.2) is 34.9 Å². The summed E-state index contributed by atoms with van der Waals surface area (Å²) in [5, 5.41) is 3.50. The Bertz CT molecular complexity index is 688. The van der Waals surface area contributed by atoms with Gasteiger partial charge in [-0.1, -0.05) is 37.6 Å². The first-order valence-corrected chi connectivity index (χ1v) is 8.60. The Hall–Kier alpha value is -1.27. The third-order valence-corrected chi connectivity index (χ3v) is 4.63. The Kier molecular flexibility index (Phi) is 10.9. The van der Waals surface area contributed by atoms with E-state index in [0.29, 0.717) is 36.1 Å². The van der Waals surface area contributed by atoms with Gasteiger partial charge in [0, 0.05) is 30.5 Å². The molecule has 1 aromatic heterocycles. The average molecular weight is 423 g/mol. The van der Waals surface area contributed by atoms with E-state index in [4.69, 9.17) is 21.8 Å². The van der Waals surface area contributed by atoms with Gasteiger partial charge in [0.05, 0.1) is 11.2 Å². The summed E-state index contributed by atoms with van der Waals surface area (Å²) in [6, 6.07) is 7.41. The van der Waals surface area contributed by atoms with Crippen LogP contribution >= 0.6 is 36.4 Å². The summed E-state index contributed by atoms with van der Waals surface area (Å²) >= 11 is 6.14. The number of rotatable bonds is 8. The molecule has 2 aromatic rings. The van der Waals surface area contributed by atoms with E-state index in [1.54, 1.807) is 12.3 Å². The molecule has 0 unspecified atom stereocenters. The molecule has 1 amide bonds. The maximum absolute atomic E-state index is 12.0. The van der Waals surface area contributed by atoms with Crippen molar-refractivity contribution in [2.24, 2.45) is 5.73 Å². The monoisotopic (exact) mass is 421 g/mol. The first kappa shape index (κ1) is 24.7. The summed E-state index contributed by atoms with van der Waals surface area (Å²) < 4.78 is 5.69. The second kappa shape index (κ2) is 11.4. The van der Waals surface area contributed by atoms with Gasteiger partial charge in [-0.25, -0.2) is 4.98 Å². The van der Waals surface area contributed by atoms with E-state index in [1.807, 2.05) is 32.0 Å². The van der Waals surface area contributed by atoms with Crippen LogP contribution in [0.25, 0.3) is 11.3 Å². The van der Waals surface area contributed by atoms with Crippen LogP contribution in [-0.4, -0.2) is 23.0 Å². The van der Waals surface area contributed by atoms with Gasteiger partial charge in [0.2, 0.25) is 5.91 Å². The number of amides is 1. The van der Waals surface area contributed by atoms with Crippen LogP contribution in [0.2, 0.25) is 5.02 Å². The smallest absolute Gasteiger partial charge is 0.220 e. The molecule has 0 bridgehead atoms. The predicted octanol–water partition coefficient (Wildman–Crippen LogP) is 4.40. The lowest BCUT2D eigenvalue weighted by Crippen LogP contribution is -2.49. The fraction of sp³-hybridized carbons (Fsp3) is 0.444. The lowest BCUT2D eigenvalue weighted by Gasteiger charge is -2.26. The maximum Gasteiger partial charge on any atom is 0.220 e. The molecule has 0 saturated heterocycles. The van der Waals surface area contributed by atoms with Crippen LogP contribution in [-0.2, 0) is 11.2 Å². The summed E-state index contributed by atoms with van der Waals surface area (Å²) in [5.74, 6) is 1.07. The second-order valence-corrected chi connectivity index (χ2v) is 6.35. The number of benzene rings is 1. The number of aromatic nitrogens is 1. The van der Waals surface area contributed by atoms with Gasteiger partial charge >= 0.3 is 0 Å². The second-order valence-electron chi connectivity index (χ2n) is 5.94. The molecule has 0 fully saturated rings. The Morgan fingerprint density at radius 2 is 1.92 bits per heavy atom. The maximum atomic E-state index is 12.0. The average Bonchev–Trinajstić information content (AvgIpc) is 3.07. The number of carbonyl (C=O) groups is 1. The van der Waals surface area contributed by atoms with Crippen molar-refractivity contribution in [1.29, 1.82) is 0 Å². The molecule has 5 nitrogen and oxygen atoms in total. The van der Waals surface area contributed by atoms with Gasteiger partial charge in [0.25, 0.3) is 0 Å². The lowest BCUT2D eigenvalue weighted by molar-refractivity contribution is -0.121. The molecule has 0 radical (unpaired) electrons. The summed E-state index contributed by atoms with van der Waals surface area (Å²) in [5.41, 5.74) is 6.63. The molecule has 2 rings (SSSR count). The number of halogens is 3. The van der Waals surface area contributed by atoms with E-state index in [1.165, 1.54) is 0 Å². The zero-order valence-electron chi connectivity index (χ0n) is 15.0. The van der Waals surface area contributed by atoms with E-state index in [9.17, 15) is 4.79 Å². The first-order chi connectivity index (χ1) is 11.5. The molecule has 0 aliphatic carbocycles. The van der Waals surface area contributed by atoms with Crippen LogP contribution < -0.4 is 11.1 Å². The van der Waals surface area contributed by atoms with Crippen molar-refractivity contribution in [3.8, 4) is 11.3 Å². The fourth-order valence-electron chi connectivity index (χ4n) is 2.29. The van der Waals surface area contributed by atoms with Crippen molar-refractivity contribution < 1.29 is 9.21 Å². The normalized spacial score (nSPS) is 10.6. The predicted molar refractivity (Wildman–Crippen MR) is 110 cm³/mol. The van der Waals surface area contributed by atoms with Gasteiger partial charge in [0.15, 0.2) is 11.7 Å². The standard InChI is InChI=1S/C18H24ClN3O2.2ClH/c1-3-18(20,4-2)12-22-16(23)9-10-17-21-11-15(24-17)13-7-5-6-8-14(13)19;;/h5-8,11H,3-4,9-10,12,20H2,1-2H3,(H,22,23);2*1H. The number of nitrogens with zero attached hydrogens (tertiary/aromatic N) is 1. The molecule has 0 aliphatic heterocycles. The molecule has 1 aromatic carbocycles. The molecular formula is C18H26Cl3N3O2. The zero-order chi connectivity index (χ0) is 17.6. The molecule has 0 atom stereocenters. The van der Waals surface area contributed by atoms with Crippen LogP contribution in [0.5, 0.6) is 0 Å². The largest absolute Gasteiger partial charge is 0.441 e. The minimum atomic E-state index is -0.337. The highest BCUT2D eigenvalue weighted by molar-refractivity contribution is 6.33. The number of oxazole rings is 1. The van der Waals surface area contributed by atoms with Gasteiger partial charge in [0.1, 0.15) is 0 Å². The number of nitrogens with two attached hydrogens (primary N) is 1. The summed E-state index contributed by atoms with van der Waals surface area (Å²) in [6.07, 6.45) is 4.03. The molecule has 0 spiro atoms. The number of aryl methyl sites for hydroxylation is 1. The SMILES string of the molecule is CCC(N)(CC)CNC(=O)CCc1ncc(-c2ccccc2Cl)o1.Cl.Cl. The molecule has 0 saturated carbocycles. The quantitative estimate of drug-likeness (QED) is 0.660. The zero-order valence-corrected chi connectivity index (χ0v) is 17.3. The summed E-state index contributed by atoms with van der Waals surface area (Å²) in [6.45, 7) is 4.53. The van der Waals surface area contributed by atoms with Crippen LogP contribution in [0.4, 0.5) is 0 Å². The third kappa shape index (κ3) is 6.80. The van der Waals surface area contributed by atoms with Crippen molar-refractivity contribution in [1.82, 2.24) is 10.3 Å². The molecule has 3 N–H and O–H groups in total. The Labute approximate surface area is 171 Å². The van der Waals surface area contributed by atoms with Crippen LogP contribution in [0, 0.1) is 0 Å². The number of hydrogen-bond donors (Lipinski definition) is 2. The Morgan fingerprint density at radius 3 is 2.54 bits per heavy atom. The molecule has 8 heteroatoms.